The SMILES string of the molecule is CC1NCC(CN2C(=O)C3CC(S(=O)(=O)NC4(C)CC4)CCC3N(C)C2=O)CN1. The number of nitrogens with zero attached hydrogens (tertiary/aromatic N) is 2. The molecule has 2 saturated heterocycles. The van der Waals surface area contributed by atoms with Crippen LogP contribution in [-0.2, 0) is 14.8 Å². The zero-order valence-electron chi connectivity index (χ0n) is 17.5. The summed E-state index contributed by atoms with van der Waals surface area (Å²) in [6.45, 7) is 5.78. The van der Waals surface area contributed by atoms with E-state index in [4.69, 9.17) is 0 Å². The average molecular weight is 428 g/mol. The molecule has 164 valence electrons. The number of urea groups is 1. The predicted molar refractivity (Wildman–Crippen MR) is 108 cm³/mol. The minimum Gasteiger partial charge on any atom is -0.324 e. The van der Waals surface area contributed by atoms with Gasteiger partial charge in [-0.3, -0.25) is 9.69 Å². The van der Waals surface area contributed by atoms with E-state index < -0.39 is 21.2 Å². The molecular formula is C19H33N5O4S. The van der Waals surface area contributed by atoms with Crippen LogP contribution in [0.5, 0.6) is 0 Å². The van der Waals surface area contributed by atoms with Gasteiger partial charge >= 0.3 is 6.03 Å². The summed E-state index contributed by atoms with van der Waals surface area (Å²) >= 11 is 0. The van der Waals surface area contributed by atoms with Gasteiger partial charge < -0.3 is 15.5 Å². The first-order valence-corrected chi connectivity index (χ1v) is 12.2. The van der Waals surface area contributed by atoms with E-state index in [1.807, 2.05) is 13.8 Å². The van der Waals surface area contributed by atoms with E-state index in [-0.39, 0.29) is 42.0 Å². The molecule has 2 aliphatic heterocycles. The van der Waals surface area contributed by atoms with Crippen LogP contribution in [0, 0.1) is 11.8 Å². The number of imide groups is 1. The lowest BCUT2D eigenvalue weighted by Gasteiger charge is -2.47. The number of rotatable bonds is 5. The van der Waals surface area contributed by atoms with Crippen molar-refractivity contribution in [3.05, 3.63) is 0 Å². The molecule has 3 N–H and O–H groups in total. The molecule has 10 heteroatoms. The summed E-state index contributed by atoms with van der Waals surface area (Å²) in [6, 6.07) is -0.475. The second-order valence-corrected chi connectivity index (χ2v) is 11.5. The van der Waals surface area contributed by atoms with Crippen molar-refractivity contribution in [3.63, 3.8) is 0 Å². The number of carbonyl (C=O) groups is 2. The summed E-state index contributed by atoms with van der Waals surface area (Å²) in [5.41, 5.74) is -0.316. The van der Waals surface area contributed by atoms with Gasteiger partial charge in [-0.25, -0.2) is 17.9 Å². The van der Waals surface area contributed by atoms with Crippen LogP contribution in [0.25, 0.3) is 0 Å². The Morgan fingerprint density at radius 2 is 1.83 bits per heavy atom. The van der Waals surface area contributed by atoms with E-state index in [1.54, 1.807) is 11.9 Å². The summed E-state index contributed by atoms with van der Waals surface area (Å²) in [5.74, 6) is -0.527. The molecule has 4 aliphatic rings. The van der Waals surface area contributed by atoms with E-state index in [0.29, 0.717) is 19.4 Å². The Labute approximate surface area is 173 Å². The summed E-state index contributed by atoms with van der Waals surface area (Å²) in [5, 5.41) is 6.05. The van der Waals surface area contributed by atoms with Crippen LogP contribution in [-0.4, -0.2) is 79.8 Å². The fourth-order valence-corrected chi connectivity index (χ4v) is 6.82. The van der Waals surface area contributed by atoms with E-state index in [9.17, 15) is 18.0 Å². The molecule has 3 unspecified atom stereocenters. The molecule has 29 heavy (non-hydrogen) atoms. The van der Waals surface area contributed by atoms with Gasteiger partial charge in [-0.1, -0.05) is 0 Å². The quantitative estimate of drug-likeness (QED) is 0.572. The number of amides is 3. The fourth-order valence-electron chi connectivity index (χ4n) is 4.86. The molecule has 4 rings (SSSR count). The molecular weight excluding hydrogens is 394 g/mol. The largest absolute Gasteiger partial charge is 0.326 e. The van der Waals surface area contributed by atoms with Gasteiger partial charge in [0.15, 0.2) is 0 Å². The molecule has 0 spiro atoms. The van der Waals surface area contributed by atoms with Crippen molar-refractivity contribution >= 4 is 22.0 Å². The fraction of sp³-hybridized carbons (Fsp3) is 0.895. The normalized spacial score (nSPS) is 37.4. The van der Waals surface area contributed by atoms with Gasteiger partial charge in [-0.15, -0.1) is 0 Å². The first-order chi connectivity index (χ1) is 13.6. The molecule has 2 aliphatic carbocycles. The lowest BCUT2D eigenvalue weighted by atomic mass is 9.81. The number of fused-ring (bicyclic) bond motifs is 1. The van der Waals surface area contributed by atoms with Gasteiger partial charge in [-0.2, -0.15) is 0 Å². The average Bonchev–Trinajstić information content (AvgIpc) is 3.40. The molecule has 0 radical (unpaired) electrons. The van der Waals surface area contributed by atoms with Crippen molar-refractivity contribution < 1.29 is 18.0 Å². The van der Waals surface area contributed by atoms with Gasteiger partial charge in [0.05, 0.1) is 17.3 Å². The van der Waals surface area contributed by atoms with Crippen molar-refractivity contribution in [1.82, 2.24) is 25.2 Å². The Kier molecular flexibility index (Phi) is 5.42. The van der Waals surface area contributed by atoms with E-state index >= 15 is 0 Å². The molecule has 9 nitrogen and oxygen atoms in total. The van der Waals surface area contributed by atoms with Crippen LogP contribution in [0.4, 0.5) is 4.79 Å². The Bertz CT molecular complexity index is 775. The zero-order chi connectivity index (χ0) is 21.0. The molecule has 4 fully saturated rings. The molecule has 0 aromatic rings. The third-order valence-corrected chi connectivity index (χ3v) is 9.16. The standard InChI is InChI=1S/C19H33N5O4S/c1-12-20-9-13(10-21-12)11-24-17(25)15-8-14(4-5-16(15)23(3)18(24)26)29(27,28)22-19(2)6-7-19/h12-16,20-22H,4-11H2,1-3H3. The highest BCUT2D eigenvalue weighted by atomic mass is 32.2. The number of nitrogens with one attached hydrogen (secondary N) is 3. The minimum absolute atomic E-state index is 0.142. The number of hydrogen-bond donors (Lipinski definition) is 3. The summed E-state index contributed by atoms with van der Waals surface area (Å²) in [4.78, 5) is 29.1. The number of hydrogen-bond acceptors (Lipinski definition) is 6. The van der Waals surface area contributed by atoms with Crippen LogP contribution in [0.15, 0.2) is 0 Å². The Morgan fingerprint density at radius 3 is 2.45 bits per heavy atom. The topological polar surface area (TPSA) is 111 Å². The molecule has 0 aromatic heterocycles. The van der Waals surface area contributed by atoms with Crippen molar-refractivity contribution in [2.45, 2.75) is 68.9 Å². The number of carbonyl (C=O) groups excluding carboxylic acids is 2. The van der Waals surface area contributed by atoms with Crippen molar-refractivity contribution in [2.75, 3.05) is 26.7 Å². The van der Waals surface area contributed by atoms with Gasteiger partial charge in [0.2, 0.25) is 15.9 Å². The Hall–Kier alpha value is -1.23. The predicted octanol–water partition coefficient (Wildman–Crippen LogP) is 0.0446. The third-order valence-electron chi connectivity index (χ3n) is 7.07. The Balaban J connectivity index is 1.47. The van der Waals surface area contributed by atoms with Crippen LogP contribution >= 0.6 is 0 Å². The first-order valence-electron chi connectivity index (χ1n) is 10.7. The van der Waals surface area contributed by atoms with Crippen molar-refractivity contribution in [2.24, 2.45) is 11.8 Å². The smallest absolute Gasteiger partial charge is 0.324 e. The molecule has 2 saturated carbocycles. The zero-order valence-corrected chi connectivity index (χ0v) is 18.3. The highest BCUT2D eigenvalue weighted by Gasteiger charge is 2.51. The maximum absolute atomic E-state index is 13.2. The second kappa shape index (κ2) is 7.47. The monoisotopic (exact) mass is 427 g/mol. The molecule has 3 atom stereocenters. The molecule has 0 aromatic carbocycles. The minimum atomic E-state index is -3.48. The maximum atomic E-state index is 13.2. The van der Waals surface area contributed by atoms with E-state index in [2.05, 4.69) is 15.4 Å². The molecule has 2 heterocycles. The van der Waals surface area contributed by atoms with Gasteiger partial charge in [0.25, 0.3) is 0 Å². The maximum Gasteiger partial charge on any atom is 0.326 e. The number of sulfonamides is 1. The first kappa shape index (κ1) is 21.0. The van der Waals surface area contributed by atoms with E-state index in [1.165, 1.54) is 4.90 Å². The van der Waals surface area contributed by atoms with Crippen LogP contribution in [0.3, 0.4) is 0 Å². The lowest BCUT2D eigenvalue weighted by Crippen LogP contribution is -2.64. The Morgan fingerprint density at radius 1 is 1.17 bits per heavy atom. The molecule has 0 bridgehead atoms. The second-order valence-electron chi connectivity index (χ2n) is 9.56. The van der Waals surface area contributed by atoms with Crippen LogP contribution in [0.2, 0.25) is 0 Å². The summed E-state index contributed by atoms with van der Waals surface area (Å²) < 4.78 is 28.6. The van der Waals surface area contributed by atoms with Crippen LogP contribution in [0.1, 0.15) is 46.0 Å². The van der Waals surface area contributed by atoms with Gasteiger partial charge in [-0.05, 0) is 46.0 Å². The van der Waals surface area contributed by atoms with Crippen LogP contribution < -0.4 is 15.4 Å². The third kappa shape index (κ3) is 4.17. The van der Waals surface area contributed by atoms with E-state index in [0.717, 1.165) is 25.9 Å². The highest BCUT2D eigenvalue weighted by molar-refractivity contribution is 7.90. The highest BCUT2D eigenvalue weighted by Crippen LogP contribution is 2.39. The van der Waals surface area contributed by atoms with Crippen molar-refractivity contribution in [1.29, 1.82) is 0 Å². The van der Waals surface area contributed by atoms with Gasteiger partial charge in [0, 0.05) is 44.2 Å². The van der Waals surface area contributed by atoms with Crippen molar-refractivity contribution in [3.8, 4) is 0 Å². The lowest BCUT2D eigenvalue weighted by molar-refractivity contribution is -0.140. The summed E-state index contributed by atoms with van der Waals surface area (Å²) in [7, 11) is -1.75. The van der Waals surface area contributed by atoms with Gasteiger partial charge in [0.1, 0.15) is 0 Å². The molecule has 3 amide bonds. The summed E-state index contributed by atoms with van der Waals surface area (Å²) in [6.07, 6.45) is 3.23.